The number of carbonyl (C=O) groups is 1. The Kier molecular flexibility index (Phi) is 5.63. The predicted octanol–water partition coefficient (Wildman–Crippen LogP) is 3.31. The van der Waals surface area contributed by atoms with E-state index in [1.54, 1.807) is 0 Å². The van der Waals surface area contributed by atoms with Crippen molar-refractivity contribution in [2.75, 3.05) is 0 Å². The van der Waals surface area contributed by atoms with Crippen molar-refractivity contribution in [1.29, 1.82) is 0 Å². The lowest BCUT2D eigenvalue weighted by molar-refractivity contribution is -0.375. The molecular formula is C5H3F9O3. The minimum atomic E-state index is -6.73. The van der Waals surface area contributed by atoms with E-state index >= 15 is 0 Å². The number of alkyl halides is 9. The van der Waals surface area contributed by atoms with Crippen molar-refractivity contribution >= 4 is 6.16 Å². The minimum absolute atomic E-state index is 1.83. The van der Waals surface area contributed by atoms with Gasteiger partial charge in [0.1, 0.15) is 0 Å². The molecule has 0 aromatic rings. The number of rotatable bonds is 2. The summed E-state index contributed by atoms with van der Waals surface area (Å²) in [5, 5.41) is 13.9. The fraction of sp³-hybridized carbons (Fsp3) is 0.800. The summed E-state index contributed by atoms with van der Waals surface area (Å²) in [7, 11) is 0. The molecule has 0 atom stereocenters. The van der Waals surface area contributed by atoms with Crippen molar-refractivity contribution in [3.8, 4) is 0 Å². The highest BCUT2D eigenvalue weighted by atomic mass is 19.4. The molecule has 0 spiro atoms. The van der Waals surface area contributed by atoms with Gasteiger partial charge in [-0.25, -0.2) is 13.6 Å². The van der Waals surface area contributed by atoms with E-state index in [2.05, 4.69) is 0 Å². The highest BCUT2D eigenvalue weighted by molar-refractivity contribution is 5.53. The van der Waals surface area contributed by atoms with Crippen molar-refractivity contribution in [2.45, 2.75) is 24.4 Å². The second-order valence-corrected chi connectivity index (χ2v) is 2.28. The summed E-state index contributed by atoms with van der Waals surface area (Å²) in [4.78, 5) is 8.56. The van der Waals surface area contributed by atoms with Gasteiger partial charge in [-0.2, -0.15) is 30.7 Å². The maximum Gasteiger partial charge on any atom is 0.503 e. The molecule has 2 N–H and O–H groups in total. The van der Waals surface area contributed by atoms with Crippen LogP contribution in [0.25, 0.3) is 0 Å². The van der Waals surface area contributed by atoms with E-state index < -0.39 is 30.6 Å². The smallest absolute Gasteiger partial charge is 0.450 e. The lowest BCUT2D eigenvalue weighted by atomic mass is 10.2. The Labute approximate surface area is 86.4 Å². The molecule has 0 amide bonds. The number of hydrogen-bond donors (Lipinski definition) is 2. The molecule has 104 valence electrons. The van der Waals surface area contributed by atoms with Gasteiger partial charge in [0.05, 0.1) is 0 Å². The molecule has 0 aliphatic carbocycles. The first-order valence-electron chi connectivity index (χ1n) is 3.20. The van der Waals surface area contributed by atoms with Gasteiger partial charge in [0.15, 0.2) is 0 Å². The van der Waals surface area contributed by atoms with E-state index in [1.165, 1.54) is 0 Å². The third kappa shape index (κ3) is 4.56. The number of carboxylic acid groups (broad SMARTS) is 2. The van der Waals surface area contributed by atoms with E-state index in [9.17, 15) is 39.5 Å². The van der Waals surface area contributed by atoms with Crippen molar-refractivity contribution in [2.24, 2.45) is 0 Å². The monoisotopic (exact) mass is 282 g/mol. The van der Waals surface area contributed by atoms with Gasteiger partial charge in [-0.15, -0.1) is 0 Å². The molecule has 0 aliphatic rings. The van der Waals surface area contributed by atoms with Crippen LogP contribution in [0.3, 0.4) is 0 Å². The number of hydrogen-bond acceptors (Lipinski definition) is 1. The Morgan fingerprint density at radius 2 is 1.12 bits per heavy atom. The molecule has 17 heavy (non-hydrogen) atoms. The van der Waals surface area contributed by atoms with Crippen LogP contribution in [0.4, 0.5) is 44.3 Å². The second-order valence-electron chi connectivity index (χ2n) is 2.28. The Morgan fingerprint density at radius 1 is 0.882 bits per heavy atom. The van der Waals surface area contributed by atoms with E-state index in [1.807, 2.05) is 0 Å². The Hall–Kier alpha value is -1.36. The molecule has 0 aliphatic heterocycles. The average Bonchev–Trinajstić information content (AvgIpc) is 1.99. The van der Waals surface area contributed by atoms with Crippen LogP contribution in [0.5, 0.6) is 0 Å². The maximum atomic E-state index is 11.6. The Bertz CT molecular complexity index is 254. The standard InChI is InChI=1S/C4HF9.CH2O3/c5-1(6)2(7,8)3(9,10)4(11,12)13;2-1(3)4/h1H;(H2,2,3,4). The normalized spacial score (nSPS) is 13.1. The summed E-state index contributed by atoms with van der Waals surface area (Å²) in [6.07, 6.45) is -13.6. The molecule has 0 unspecified atom stereocenters. The molecule has 0 saturated heterocycles. The van der Waals surface area contributed by atoms with E-state index in [0.717, 1.165) is 0 Å². The van der Waals surface area contributed by atoms with Gasteiger partial charge in [0.25, 0.3) is 0 Å². The first kappa shape index (κ1) is 18.0. The molecule has 0 heterocycles. The zero-order valence-electron chi connectivity index (χ0n) is 7.28. The SMILES string of the molecule is FC(F)C(F)(F)C(F)(F)C(F)(F)F.O=C(O)O. The first-order chi connectivity index (χ1) is 7.18. The molecule has 0 aromatic heterocycles. The summed E-state index contributed by atoms with van der Waals surface area (Å²) >= 11 is 0. The largest absolute Gasteiger partial charge is 0.503 e. The third-order valence-corrected chi connectivity index (χ3v) is 1.05. The van der Waals surface area contributed by atoms with E-state index in [4.69, 9.17) is 15.0 Å². The highest BCUT2D eigenvalue weighted by Gasteiger charge is 2.76. The summed E-state index contributed by atoms with van der Waals surface area (Å²) < 4.78 is 102. The Balaban J connectivity index is 0. The van der Waals surface area contributed by atoms with Crippen LogP contribution in [-0.2, 0) is 0 Å². The molecular weight excluding hydrogens is 279 g/mol. The lowest BCUT2D eigenvalue weighted by Gasteiger charge is -2.27. The molecule has 0 aromatic carbocycles. The quantitative estimate of drug-likeness (QED) is 0.764. The van der Waals surface area contributed by atoms with E-state index in [-0.39, 0.29) is 0 Å². The van der Waals surface area contributed by atoms with Gasteiger partial charge >= 0.3 is 30.6 Å². The van der Waals surface area contributed by atoms with Crippen LogP contribution in [0.2, 0.25) is 0 Å². The van der Waals surface area contributed by atoms with Gasteiger partial charge in [0.2, 0.25) is 0 Å². The van der Waals surface area contributed by atoms with Crippen LogP contribution in [0.15, 0.2) is 0 Å². The lowest BCUT2D eigenvalue weighted by Crippen LogP contribution is -2.55. The zero-order valence-corrected chi connectivity index (χ0v) is 7.28. The van der Waals surface area contributed by atoms with Crippen molar-refractivity contribution in [1.82, 2.24) is 0 Å². The molecule has 0 radical (unpaired) electrons. The van der Waals surface area contributed by atoms with Crippen LogP contribution >= 0.6 is 0 Å². The van der Waals surface area contributed by atoms with Crippen LogP contribution in [-0.4, -0.2) is 40.8 Å². The maximum absolute atomic E-state index is 11.6. The van der Waals surface area contributed by atoms with Crippen LogP contribution in [0, 0.1) is 0 Å². The second kappa shape index (κ2) is 5.31. The van der Waals surface area contributed by atoms with Gasteiger partial charge in [-0.05, 0) is 0 Å². The predicted molar refractivity (Wildman–Crippen MR) is 32.6 cm³/mol. The first-order valence-corrected chi connectivity index (χ1v) is 3.20. The molecule has 12 heteroatoms. The molecule has 0 saturated carbocycles. The van der Waals surface area contributed by atoms with Crippen LogP contribution < -0.4 is 0 Å². The van der Waals surface area contributed by atoms with Crippen molar-refractivity contribution < 1.29 is 54.5 Å². The highest BCUT2D eigenvalue weighted by Crippen LogP contribution is 2.48. The van der Waals surface area contributed by atoms with Gasteiger partial charge in [0, 0.05) is 0 Å². The van der Waals surface area contributed by atoms with Crippen molar-refractivity contribution in [3.05, 3.63) is 0 Å². The molecule has 3 nitrogen and oxygen atoms in total. The third-order valence-electron chi connectivity index (χ3n) is 1.05. The number of halogens is 9. The minimum Gasteiger partial charge on any atom is -0.450 e. The zero-order chi connectivity index (χ0) is 14.7. The Morgan fingerprint density at radius 3 is 1.18 bits per heavy atom. The van der Waals surface area contributed by atoms with Crippen LogP contribution in [0.1, 0.15) is 0 Å². The van der Waals surface area contributed by atoms with E-state index in [0.29, 0.717) is 0 Å². The molecule has 0 bridgehead atoms. The van der Waals surface area contributed by atoms with Gasteiger partial charge in [-0.1, -0.05) is 0 Å². The summed E-state index contributed by atoms with van der Waals surface area (Å²) in [6.45, 7) is 0. The van der Waals surface area contributed by atoms with Gasteiger partial charge in [-0.3, -0.25) is 0 Å². The summed E-state index contributed by atoms with van der Waals surface area (Å²) in [5.41, 5.74) is 0. The van der Waals surface area contributed by atoms with Crippen molar-refractivity contribution in [3.63, 3.8) is 0 Å². The molecule has 0 fully saturated rings. The summed E-state index contributed by atoms with van der Waals surface area (Å²) in [5.74, 6) is -13.1. The molecule has 0 rings (SSSR count). The fourth-order valence-electron chi connectivity index (χ4n) is 0.326. The average molecular weight is 282 g/mol. The van der Waals surface area contributed by atoms with Gasteiger partial charge < -0.3 is 10.2 Å². The topological polar surface area (TPSA) is 57.5 Å². The fourth-order valence-corrected chi connectivity index (χ4v) is 0.326. The summed E-state index contributed by atoms with van der Waals surface area (Å²) in [6, 6.07) is 0.